The van der Waals surface area contributed by atoms with Gasteiger partial charge in [-0.05, 0) is 43.7 Å². The fraction of sp³-hybridized carbons (Fsp3) is 0.357. The minimum Gasteiger partial charge on any atom is -0.492 e. The zero-order valence-corrected chi connectivity index (χ0v) is 22.6. The molecule has 2 aliphatic rings. The Hall–Kier alpha value is -4.59. The van der Waals surface area contributed by atoms with Gasteiger partial charge in [0.1, 0.15) is 36.5 Å². The predicted molar refractivity (Wildman–Crippen MR) is 141 cm³/mol. The standard InChI is InChI=1S/C28H27F3N2O9/c1-3-39-27(36)24-23(17-5-4-6-18(13-17)33(37)38)22(26(34)35)16(2)32(25(24)28(29,30)31)11-12-40-19-7-9-20(10-8-19)41-14-21-15-42-21/h4-10,13,16,21H,3,11-12,14-15H2,1-2H3,(H,34,35). The lowest BCUT2D eigenvalue weighted by atomic mass is 9.84. The van der Waals surface area contributed by atoms with Crippen LogP contribution in [0.1, 0.15) is 19.4 Å². The highest BCUT2D eigenvalue weighted by molar-refractivity contribution is 6.14. The molecule has 2 aromatic carbocycles. The second-order valence-corrected chi connectivity index (χ2v) is 9.30. The smallest absolute Gasteiger partial charge is 0.432 e. The number of non-ortho nitro benzene ring substituents is 1. The van der Waals surface area contributed by atoms with Crippen molar-refractivity contribution in [3.05, 3.63) is 81.1 Å². The van der Waals surface area contributed by atoms with Gasteiger partial charge in [0.2, 0.25) is 0 Å². The topological polar surface area (TPSA) is 141 Å². The molecule has 1 N–H and O–H groups in total. The molecule has 0 amide bonds. The van der Waals surface area contributed by atoms with Gasteiger partial charge in [0.25, 0.3) is 5.69 Å². The molecule has 1 fully saturated rings. The lowest BCUT2D eigenvalue weighted by Gasteiger charge is -2.40. The number of benzene rings is 2. The number of carboxylic acid groups (broad SMARTS) is 1. The first-order valence-corrected chi connectivity index (χ1v) is 12.9. The Labute approximate surface area is 237 Å². The molecule has 0 radical (unpaired) electrons. The number of carbonyl (C=O) groups is 2. The Balaban J connectivity index is 1.71. The third-order valence-corrected chi connectivity index (χ3v) is 6.52. The number of hydrogen-bond donors (Lipinski definition) is 1. The fourth-order valence-corrected chi connectivity index (χ4v) is 4.57. The molecule has 224 valence electrons. The van der Waals surface area contributed by atoms with Crippen LogP contribution in [0.15, 0.2) is 65.4 Å². The van der Waals surface area contributed by atoms with Gasteiger partial charge in [-0.15, -0.1) is 0 Å². The van der Waals surface area contributed by atoms with E-state index in [1.165, 1.54) is 26.0 Å². The number of ether oxygens (including phenoxy) is 4. The number of rotatable bonds is 12. The van der Waals surface area contributed by atoms with E-state index in [0.29, 0.717) is 24.7 Å². The minimum absolute atomic E-state index is 0.0603. The summed E-state index contributed by atoms with van der Waals surface area (Å²) >= 11 is 0. The van der Waals surface area contributed by atoms with Crippen molar-refractivity contribution in [1.82, 2.24) is 4.90 Å². The summed E-state index contributed by atoms with van der Waals surface area (Å²) in [7, 11) is 0. The summed E-state index contributed by atoms with van der Waals surface area (Å²) in [5, 5.41) is 21.5. The molecule has 2 heterocycles. The number of carboxylic acids is 1. The molecule has 2 aliphatic heterocycles. The number of nitro groups is 1. The van der Waals surface area contributed by atoms with E-state index in [1.807, 2.05) is 0 Å². The third-order valence-electron chi connectivity index (χ3n) is 6.52. The van der Waals surface area contributed by atoms with Crippen LogP contribution in [-0.4, -0.2) is 78.2 Å². The van der Waals surface area contributed by atoms with Crippen LogP contribution in [0.3, 0.4) is 0 Å². The maximum absolute atomic E-state index is 14.7. The van der Waals surface area contributed by atoms with Crippen molar-refractivity contribution < 1.29 is 51.7 Å². The zero-order valence-electron chi connectivity index (χ0n) is 22.6. The molecule has 14 heteroatoms. The molecule has 2 atom stereocenters. The van der Waals surface area contributed by atoms with Gasteiger partial charge in [-0.1, -0.05) is 12.1 Å². The van der Waals surface area contributed by atoms with Gasteiger partial charge >= 0.3 is 18.1 Å². The Morgan fingerprint density at radius 1 is 1.14 bits per heavy atom. The second kappa shape index (κ2) is 12.5. The van der Waals surface area contributed by atoms with Crippen LogP contribution >= 0.6 is 0 Å². The largest absolute Gasteiger partial charge is 0.492 e. The highest BCUT2D eigenvalue weighted by Gasteiger charge is 2.50. The quantitative estimate of drug-likeness (QED) is 0.163. The Kier molecular flexibility index (Phi) is 9.05. The first-order valence-electron chi connectivity index (χ1n) is 12.9. The number of carbonyl (C=O) groups excluding carboxylic acids is 1. The molecule has 4 rings (SSSR count). The molecule has 0 bridgehead atoms. The van der Waals surface area contributed by atoms with Gasteiger partial charge < -0.3 is 29.0 Å². The number of esters is 1. The van der Waals surface area contributed by atoms with Gasteiger partial charge in [-0.2, -0.15) is 13.2 Å². The summed E-state index contributed by atoms with van der Waals surface area (Å²) in [5.41, 5.74) is -4.40. The van der Waals surface area contributed by atoms with Crippen molar-refractivity contribution in [1.29, 1.82) is 0 Å². The van der Waals surface area contributed by atoms with E-state index in [9.17, 15) is 38.0 Å². The highest BCUT2D eigenvalue weighted by atomic mass is 19.4. The molecule has 2 aromatic rings. The SMILES string of the molecule is CCOC(=O)C1=C(C(F)(F)F)N(CCOc2ccc(OCC3CO3)cc2)C(C)C(C(=O)O)=C1c1cccc([N+](=O)[O-])c1. The maximum atomic E-state index is 14.7. The van der Waals surface area contributed by atoms with Gasteiger partial charge in [-0.3, -0.25) is 10.1 Å². The van der Waals surface area contributed by atoms with Crippen LogP contribution in [0.2, 0.25) is 0 Å². The molecule has 2 unspecified atom stereocenters. The lowest BCUT2D eigenvalue weighted by Crippen LogP contribution is -2.47. The summed E-state index contributed by atoms with van der Waals surface area (Å²) in [4.78, 5) is 36.9. The summed E-state index contributed by atoms with van der Waals surface area (Å²) in [6, 6.07) is 9.37. The summed E-state index contributed by atoms with van der Waals surface area (Å²) in [5.74, 6) is -2.15. The highest BCUT2D eigenvalue weighted by Crippen LogP contribution is 2.45. The zero-order chi connectivity index (χ0) is 30.6. The lowest BCUT2D eigenvalue weighted by molar-refractivity contribution is -0.384. The average Bonchev–Trinajstić information content (AvgIpc) is 3.77. The van der Waals surface area contributed by atoms with E-state index >= 15 is 0 Å². The molecule has 0 aliphatic carbocycles. The first kappa shape index (κ1) is 30.4. The molecular formula is C28H27F3N2O9. The summed E-state index contributed by atoms with van der Waals surface area (Å²) < 4.78 is 65.4. The fourth-order valence-electron chi connectivity index (χ4n) is 4.57. The minimum atomic E-state index is -5.14. The number of halogens is 3. The number of aliphatic carboxylic acids is 1. The van der Waals surface area contributed by atoms with Crippen LogP contribution in [0, 0.1) is 10.1 Å². The summed E-state index contributed by atoms with van der Waals surface area (Å²) in [6.45, 7) is 2.57. The number of nitrogens with zero attached hydrogens (tertiary/aromatic N) is 2. The van der Waals surface area contributed by atoms with E-state index in [-0.39, 0.29) is 24.9 Å². The Morgan fingerprint density at radius 3 is 2.33 bits per heavy atom. The molecule has 1 saturated heterocycles. The number of alkyl halides is 3. The van der Waals surface area contributed by atoms with Crippen LogP contribution in [0.4, 0.5) is 18.9 Å². The monoisotopic (exact) mass is 592 g/mol. The molecule has 0 spiro atoms. The number of epoxide rings is 1. The van der Waals surface area contributed by atoms with Gasteiger partial charge in [0, 0.05) is 17.7 Å². The van der Waals surface area contributed by atoms with E-state index in [4.69, 9.17) is 18.9 Å². The van der Waals surface area contributed by atoms with Gasteiger partial charge in [0.15, 0.2) is 0 Å². The molecule has 0 saturated carbocycles. The summed E-state index contributed by atoms with van der Waals surface area (Å²) in [6.07, 6.45) is -5.08. The van der Waals surface area contributed by atoms with E-state index < -0.39 is 63.7 Å². The van der Waals surface area contributed by atoms with Crippen LogP contribution < -0.4 is 9.47 Å². The van der Waals surface area contributed by atoms with E-state index in [1.54, 1.807) is 24.3 Å². The van der Waals surface area contributed by atoms with Crippen molar-refractivity contribution in [2.45, 2.75) is 32.2 Å². The molecular weight excluding hydrogens is 565 g/mol. The molecule has 42 heavy (non-hydrogen) atoms. The first-order chi connectivity index (χ1) is 19.9. The molecule has 11 nitrogen and oxygen atoms in total. The van der Waals surface area contributed by atoms with Crippen molar-refractivity contribution in [2.75, 3.05) is 33.0 Å². The number of allylic oxidation sites excluding steroid dienone is 1. The third kappa shape index (κ3) is 6.82. The molecule has 0 aromatic heterocycles. The number of hydrogen-bond acceptors (Lipinski definition) is 9. The Morgan fingerprint density at radius 2 is 1.79 bits per heavy atom. The van der Waals surface area contributed by atoms with Crippen molar-refractivity contribution in [3.8, 4) is 11.5 Å². The normalized spacial score (nSPS) is 18.5. The van der Waals surface area contributed by atoms with Crippen LogP contribution in [0.25, 0.3) is 5.57 Å². The Bertz CT molecular complexity index is 1420. The average molecular weight is 593 g/mol. The van der Waals surface area contributed by atoms with Crippen LogP contribution in [0.5, 0.6) is 11.5 Å². The van der Waals surface area contributed by atoms with Crippen LogP contribution in [-0.2, 0) is 19.1 Å². The van der Waals surface area contributed by atoms with Crippen molar-refractivity contribution >= 4 is 23.2 Å². The predicted octanol–water partition coefficient (Wildman–Crippen LogP) is 4.37. The van der Waals surface area contributed by atoms with Crippen molar-refractivity contribution in [3.63, 3.8) is 0 Å². The maximum Gasteiger partial charge on any atom is 0.432 e. The van der Waals surface area contributed by atoms with Gasteiger partial charge in [-0.25, -0.2) is 9.59 Å². The van der Waals surface area contributed by atoms with Gasteiger partial charge in [0.05, 0.1) is 41.9 Å². The second-order valence-electron chi connectivity index (χ2n) is 9.30. The van der Waals surface area contributed by atoms with E-state index in [0.717, 1.165) is 17.0 Å². The van der Waals surface area contributed by atoms with Crippen molar-refractivity contribution in [2.24, 2.45) is 0 Å². The number of nitro benzene ring substituents is 1. The van der Waals surface area contributed by atoms with E-state index in [2.05, 4.69) is 0 Å².